The van der Waals surface area contributed by atoms with Gasteiger partial charge >= 0.3 is 5.97 Å². The number of carboxylic acids is 1. The largest absolute Gasteiger partial charge is 0.481 e. The second kappa shape index (κ2) is 8.69. The summed E-state index contributed by atoms with van der Waals surface area (Å²) >= 11 is 0. The topological polar surface area (TPSA) is 90.7 Å². The number of nitrogens with zero attached hydrogens (tertiary/aromatic N) is 1. The predicted octanol–water partition coefficient (Wildman–Crippen LogP) is 3.10. The lowest BCUT2D eigenvalue weighted by molar-refractivity contribution is -0.139. The molecule has 1 heterocycles. The van der Waals surface area contributed by atoms with Crippen molar-refractivity contribution in [1.82, 2.24) is 4.98 Å². The Balaban J connectivity index is 2.28. The monoisotopic (exact) mass is 359 g/mol. The van der Waals surface area contributed by atoms with E-state index in [4.69, 9.17) is 5.11 Å². The highest BCUT2D eigenvalue weighted by molar-refractivity contribution is 5.76. The second-order valence-corrected chi connectivity index (χ2v) is 6.23. The molecule has 1 aromatic heterocycles. The van der Waals surface area contributed by atoms with Crippen molar-refractivity contribution in [2.45, 2.75) is 38.9 Å². The number of benzene rings is 1. The van der Waals surface area contributed by atoms with Gasteiger partial charge < -0.3 is 15.3 Å². The summed E-state index contributed by atoms with van der Waals surface area (Å²) in [6.07, 6.45) is 0.576. The summed E-state index contributed by atoms with van der Waals surface area (Å²) in [5.74, 6) is -1.44. The summed E-state index contributed by atoms with van der Waals surface area (Å²) in [4.78, 5) is 15.0. The zero-order valence-electron chi connectivity index (χ0n) is 14.7. The lowest BCUT2D eigenvalue weighted by atomic mass is 9.97. The number of halogens is 1. The first-order valence-electron chi connectivity index (χ1n) is 8.26. The van der Waals surface area contributed by atoms with Crippen LogP contribution in [0.3, 0.4) is 0 Å². The third kappa shape index (κ3) is 5.47. The fraction of sp³-hybridized carbons (Fsp3) is 0.300. The van der Waals surface area contributed by atoms with E-state index in [0.717, 1.165) is 28.1 Å². The molecule has 0 saturated heterocycles. The molecule has 138 valence electrons. The molecule has 0 aliphatic rings. The third-order valence-corrected chi connectivity index (χ3v) is 3.94. The van der Waals surface area contributed by atoms with Crippen molar-refractivity contribution in [3.05, 3.63) is 59.2 Å². The van der Waals surface area contributed by atoms with Gasteiger partial charge in [-0.1, -0.05) is 24.3 Å². The van der Waals surface area contributed by atoms with Crippen molar-refractivity contribution < 1.29 is 24.5 Å². The summed E-state index contributed by atoms with van der Waals surface area (Å²) in [6.45, 7) is 3.70. The van der Waals surface area contributed by atoms with E-state index in [-0.39, 0.29) is 12.2 Å². The Morgan fingerprint density at radius 3 is 2.50 bits per heavy atom. The molecule has 0 aliphatic heterocycles. The molecule has 1 aromatic carbocycles. The summed E-state index contributed by atoms with van der Waals surface area (Å²) in [5, 5.41) is 28.3. The lowest BCUT2D eigenvalue weighted by Crippen LogP contribution is -2.19. The van der Waals surface area contributed by atoms with Crippen molar-refractivity contribution in [3.8, 4) is 11.1 Å². The zero-order chi connectivity index (χ0) is 19.3. The molecule has 0 unspecified atom stereocenters. The van der Waals surface area contributed by atoms with E-state index in [1.807, 2.05) is 19.9 Å². The van der Waals surface area contributed by atoms with Crippen LogP contribution in [0.15, 0.2) is 36.4 Å². The molecule has 26 heavy (non-hydrogen) atoms. The Hall–Kier alpha value is -2.57. The summed E-state index contributed by atoms with van der Waals surface area (Å²) in [7, 11) is 0. The van der Waals surface area contributed by atoms with Crippen LogP contribution in [0.4, 0.5) is 4.39 Å². The van der Waals surface area contributed by atoms with Gasteiger partial charge in [-0.25, -0.2) is 4.39 Å². The van der Waals surface area contributed by atoms with Crippen LogP contribution in [-0.4, -0.2) is 38.5 Å². The molecule has 0 radical (unpaired) electrons. The van der Waals surface area contributed by atoms with Gasteiger partial charge in [0.15, 0.2) is 0 Å². The van der Waals surface area contributed by atoms with E-state index >= 15 is 0 Å². The Morgan fingerprint density at radius 2 is 1.88 bits per heavy atom. The van der Waals surface area contributed by atoms with Crippen molar-refractivity contribution in [3.63, 3.8) is 0 Å². The highest BCUT2D eigenvalue weighted by Gasteiger charge is 2.14. The third-order valence-electron chi connectivity index (χ3n) is 3.94. The molecule has 0 bridgehead atoms. The number of carbonyl (C=O) groups is 1. The van der Waals surface area contributed by atoms with Crippen LogP contribution in [0, 0.1) is 19.7 Å². The minimum absolute atomic E-state index is 0.0764. The number of pyridine rings is 1. The number of aryl methyl sites for hydroxylation is 2. The number of aromatic nitrogens is 1. The molecule has 0 fully saturated rings. The number of aliphatic carboxylic acids is 1. The Labute approximate surface area is 151 Å². The maximum absolute atomic E-state index is 13.2. The van der Waals surface area contributed by atoms with E-state index in [2.05, 4.69) is 4.98 Å². The summed E-state index contributed by atoms with van der Waals surface area (Å²) < 4.78 is 13.2. The van der Waals surface area contributed by atoms with Gasteiger partial charge in [-0.05, 0) is 43.2 Å². The maximum atomic E-state index is 13.2. The number of aliphatic hydroxyl groups excluding tert-OH is 2. The van der Waals surface area contributed by atoms with Gasteiger partial charge in [-0.2, -0.15) is 0 Å². The molecular weight excluding hydrogens is 337 g/mol. The quantitative estimate of drug-likeness (QED) is 0.707. The van der Waals surface area contributed by atoms with E-state index in [0.29, 0.717) is 0 Å². The number of carboxylic acid groups (broad SMARTS) is 1. The zero-order valence-corrected chi connectivity index (χ0v) is 14.7. The van der Waals surface area contributed by atoms with Crippen LogP contribution in [-0.2, 0) is 4.79 Å². The molecule has 2 aromatic rings. The normalized spacial score (nSPS) is 13.7. The number of hydrogen-bond acceptors (Lipinski definition) is 4. The molecule has 5 nitrogen and oxygen atoms in total. The Kier molecular flexibility index (Phi) is 6.60. The van der Waals surface area contributed by atoms with Crippen LogP contribution in [0.5, 0.6) is 0 Å². The molecular formula is C20H22FNO4. The highest BCUT2D eigenvalue weighted by atomic mass is 19.1. The van der Waals surface area contributed by atoms with Crippen LogP contribution in [0.1, 0.15) is 29.8 Å². The van der Waals surface area contributed by atoms with Gasteiger partial charge in [0.1, 0.15) is 5.82 Å². The molecule has 0 aliphatic carbocycles. The Morgan fingerprint density at radius 1 is 1.23 bits per heavy atom. The van der Waals surface area contributed by atoms with Gasteiger partial charge in [0.25, 0.3) is 0 Å². The smallest absolute Gasteiger partial charge is 0.305 e. The van der Waals surface area contributed by atoms with Crippen LogP contribution >= 0.6 is 0 Å². The Bertz CT molecular complexity index is 802. The molecule has 0 saturated carbocycles. The maximum Gasteiger partial charge on any atom is 0.305 e. The first-order chi connectivity index (χ1) is 12.3. The van der Waals surface area contributed by atoms with Crippen LogP contribution < -0.4 is 0 Å². The van der Waals surface area contributed by atoms with Gasteiger partial charge in [-0.15, -0.1) is 0 Å². The van der Waals surface area contributed by atoms with Crippen LogP contribution in [0.25, 0.3) is 17.2 Å². The van der Waals surface area contributed by atoms with E-state index < -0.39 is 24.6 Å². The molecule has 0 spiro atoms. The van der Waals surface area contributed by atoms with Crippen molar-refractivity contribution >= 4 is 12.0 Å². The van der Waals surface area contributed by atoms with Crippen LogP contribution in [0.2, 0.25) is 0 Å². The molecule has 2 rings (SSSR count). The highest BCUT2D eigenvalue weighted by Crippen LogP contribution is 2.28. The molecule has 6 heteroatoms. The SMILES string of the molecule is Cc1cc(-c2ccc(F)cc2)c(/C=C\[C@@H](O)C[C@@H](O)CC(=O)O)c(C)n1. The van der Waals surface area contributed by atoms with Gasteiger partial charge in [0.05, 0.1) is 18.6 Å². The molecule has 0 amide bonds. The molecule has 2 atom stereocenters. The molecule has 3 N–H and O–H groups in total. The van der Waals surface area contributed by atoms with Crippen molar-refractivity contribution in [2.75, 3.05) is 0 Å². The van der Waals surface area contributed by atoms with E-state index in [1.54, 1.807) is 18.2 Å². The standard InChI is InChI=1S/C20H22FNO4/c1-12-9-19(14-3-5-15(21)6-4-14)18(13(2)22-12)8-7-16(23)10-17(24)11-20(25)26/h3-9,16-17,23-24H,10-11H2,1-2H3,(H,25,26)/b8-7-/t16-,17-/m1/s1. The van der Waals surface area contributed by atoms with Gasteiger partial charge in [0, 0.05) is 23.4 Å². The second-order valence-electron chi connectivity index (χ2n) is 6.23. The fourth-order valence-electron chi connectivity index (χ4n) is 2.77. The lowest BCUT2D eigenvalue weighted by Gasteiger charge is -2.13. The predicted molar refractivity (Wildman–Crippen MR) is 97.0 cm³/mol. The van der Waals surface area contributed by atoms with E-state index in [9.17, 15) is 19.4 Å². The van der Waals surface area contributed by atoms with E-state index in [1.165, 1.54) is 18.2 Å². The van der Waals surface area contributed by atoms with Gasteiger partial charge in [0.2, 0.25) is 0 Å². The van der Waals surface area contributed by atoms with Crippen molar-refractivity contribution in [2.24, 2.45) is 0 Å². The summed E-state index contributed by atoms with van der Waals surface area (Å²) in [6, 6.07) is 7.99. The average molecular weight is 359 g/mol. The van der Waals surface area contributed by atoms with Crippen molar-refractivity contribution in [1.29, 1.82) is 0 Å². The number of hydrogen-bond donors (Lipinski definition) is 3. The first kappa shape index (κ1) is 19.8. The van der Waals surface area contributed by atoms with Gasteiger partial charge in [-0.3, -0.25) is 9.78 Å². The summed E-state index contributed by atoms with van der Waals surface area (Å²) in [5.41, 5.74) is 4.01. The minimum Gasteiger partial charge on any atom is -0.481 e. The number of rotatable bonds is 7. The average Bonchev–Trinajstić information content (AvgIpc) is 2.53. The first-order valence-corrected chi connectivity index (χ1v) is 8.26. The number of aliphatic hydroxyl groups is 2. The minimum atomic E-state index is -1.12. The fourth-order valence-corrected chi connectivity index (χ4v) is 2.77.